The fourth-order valence-electron chi connectivity index (χ4n) is 1.29. The van der Waals surface area contributed by atoms with Gasteiger partial charge in [0.1, 0.15) is 0 Å². The van der Waals surface area contributed by atoms with E-state index < -0.39 is 0 Å². The Morgan fingerprint density at radius 3 is 1.88 bits per heavy atom. The lowest BCUT2D eigenvalue weighted by Crippen LogP contribution is -2.24. The summed E-state index contributed by atoms with van der Waals surface area (Å²) in [5.74, 6) is 0. The van der Waals surface area contributed by atoms with Gasteiger partial charge in [-0.05, 0) is 12.8 Å². The fourth-order valence-corrected chi connectivity index (χ4v) is 2.26. The van der Waals surface area contributed by atoms with Crippen molar-refractivity contribution in [2.45, 2.75) is 36.6 Å². The Labute approximate surface area is 59.0 Å². The second kappa shape index (κ2) is 2.40. The standard InChI is InChI=1S/C6H13ClSi/c7-6(8)4-2-1-3-5-6/h1-5H2,8H3. The van der Waals surface area contributed by atoms with Crippen LogP contribution in [0.1, 0.15) is 32.1 Å². The summed E-state index contributed by atoms with van der Waals surface area (Å²) in [6.45, 7) is 0. The molecular weight excluding hydrogens is 136 g/mol. The summed E-state index contributed by atoms with van der Waals surface area (Å²) in [6, 6.07) is 0. The van der Waals surface area contributed by atoms with Crippen molar-refractivity contribution in [1.29, 1.82) is 0 Å². The molecule has 1 rings (SSSR count). The first-order valence-electron chi connectivity index (χ1n) is 3.40. The molecule has 0 spiro atoms. The van der Waals surface area contributed by atoms with Gasteiger partial charge in [0.25, 0.3) is 0 Å². The number of hydrogen-bond acceptors (Lipinski definition) is 0. The van der Waals surface area contributed by atoms with E-state index in [9.17, 15) is 0 Å². The van der Waals surface area contributed by atoms with Gasteiger partial charge in [0.15, 0.2) is 0 Å². The van der Waals surface area contributed by atoms with Crippen LogP contribution in [0.3, 0.4) is 0 Å². The van der Waals surface area contributed by atoms with Crippen LogP contribution in [-0.4, -0.2) is 14.7 Å². The van der Waals surface area contributed by atoms with Gasteiger partial charge in [0, 0.05) is 14.7 Å². The van der Waals surface area contributed by atoms with E-state index in [1.165, 1.54) is 42.3 Å². The van der Waals surface area contributed by atoms with E-state index in [-0.39, 0.29) is 4.50 Å². The van der Waals surface area contributed by atoms with Crippen LogP contribution < -0.4 is 0 Å². The third kappa shape index (κ3) is 1.79. The quantitative estimate of drug-likeness (QED) is 0.359. The molecular formula is C6H13ClSi. The highest BCUT2D eigenvalue weighted by molar-refractivity contribution is 6.44. The predicted molar refractivity (Wildman–Crippen MR) is 41.6 cm³/mol. The van der Waals surface area contributed by atoms with Crippen LogP contribution >= 0.6 is 11.6 Å². The first-order chi connectivity index (χ1) is 3.71. The molecule has 1 saturated carbocycles. The van der Waals surface area contributed by atoms with Crippen molar-refractivity contribution in [3.8, 4) is 0 Å². The Hall–Kier alpha value is 0.507. The molecule has 0 bridgehead atoms. The van der Waals surface area contributed by atoms with Crippen LogP contribution in [-0.2, 0) is 0 Å². The van der Waals surface area contributed by atoms with Gasteiger partial charge in [-0.25, -0.2) is 0 Å². The number of rotatable bonds is 0. The van der Waals surface area contributed by atoms with E-state index in [0.29, 0.717) is 0 Å². The summed E-state index contributed by atoms with van der Waals surface area (Å²) in [6.07, 6.45) is 6.71. The molecule has 0 aromatic rings. The predicted octanol–water partition coefficient (Wildman–Crippen LogP) is 1.25. The van der Waals surface area contributed by atoms with E-state index >= 15 is 0 Å². The van der Waals surface area contributed by atoms with Crippen LogP contribution in [0.4, 0.5) is 0 Å². The lowest BCUT2D eigenvalue weighted by molar-refractivity contribution is 0.478. The summed E-state index contributed by atoms with van der Waals surface area (Å²) in [7, 11) is 1.18. The van der Waals surface area contributed by atoms with Crippen LogP contribution in [0.15, 0.2) is 0 Å². The van der Waals surface area contributed by atoms with Crippen molar-refractivity contribution in [3.05, 3.63) is 0 Å². The molecule has 8 heavy (non-hydrogen) atoms. The second-order valence-electron chi connectivity index (χ2n) is 2.97. The summed E-state index contributed by atoms with van der Waals surface area (Å²) in [5, 5.41) is 0. The van der Waals surface area contributed by atoms with Gasteiger partial charge in [-0.2, -0.15) is 0 Å². The normalized spacial score (nSPS) is 28.1. The Balaban J connectivity index is 2.33. The lowest BCUT2D eigenvalue weighted by atomic mass is 10.00. The van der Waals surface area contributed by atoms with Gasteiger partial charge in [-0.1, -0.05) is 19.3 Å². The van der Waals surface area contributed by atoms with Gasteiger partial charge >= 0.3 is 0 Å². The van der Waals surface area contributed by atoms with E-state index in [4.69, 9.17) is 11.6 Å². The molecule has 0 aromatic carbocycles. The zero-order chi connectivity index (χ0) is 6.04. The number of halogens is 1. The van der Waals surface area contributed by atoms with Gasteiger partial charge in [-0.3, -0.25) is 0 Å². The SMILES string of the molecule is [SiH3]C1(Cl)CCCCC1. The molecule has 0 radical (unpaired) electrons. The molecule has 48 valence electrons. The highest BCUT2D eigenvalue weighted by Crippen LogP contribution is 2.30. The highest BCUT2D eigenvalue weighted by Gasteiger charge is 2.22. The van der Waals surface area contributed by atoms with Gasteiger partial charge in [0.05, 0.1) is 0 Å². The van der Waals surface area contributed by atoms with Crippen LogP contribution in [0.25, 0.3) is 0 Å². The van der Waals surface area contributed by atoms with Crippen molar-refractivity contribution in [2.75, 3.05) is 0 Å². The number of alkyl halides is 1. The van der Waals surface area contributed by atoms with Crippen LogP contribution in [0.2, 0.25) is 0 Å². The molecule has 0 aliphatic heterocycles. The Kier molecular flexibility index (Phi) is 1.99. The molecule has 1 fully saturated rings. The molecule has 0 N–H and O–H groups in total. The van der Waals surface area contributed by atoms with Crippen molar-refractivity contribution in [1.82, 2.24) is 0 Å². The topological polar surface area (TPSA) is 0 Å². The van der Waals surface area contributed by atoms with Crippen LogP contribution in [0.5, 0.6) is 0 Å². The average Bonchev–Trinajstić information content (AvgIpc) is 1.65. The van der Waals surface area contributed by atoms with E-state index in [2.05, 4.69) is 0 Å². The molecule has 0 nitrogen and oxygen atoms in total. The minimum Gasteiger partial charge on any atom is -0.124 e. The summed E-state index contributed by atoms with van der Waals surface area (Å²) < 4.78 is 0.290. The molecule has 1 aliphatic carbocycles. The van der Waals surface area contributed by atoms with Gasteiger partial charge in [0.2, 0.25) is 0 Å². The van der Waals surface area contributed by atoms with E-state index in [0.717, 1.165) is 0 Å². The Bertz CT molecular complexity index is 72.6. The monoisotopic (exact) mass is 148 g/mol. The van der Waals surface area contributed by atoms with Gasteiger partial charge in [-0.15, -0.1) is 11.6 Å². The van der Waals surface area contributed by atoms with Crippen molar-refractivity contribution >= 4 is 21.8 Å². The molecule has 0 atom stereocenters. The third-order valence-electron chi connectivity index (χ3n) is 1.90. The van der Waals surface area contributed by atoms with Crippen molar-refractivity contribution in [2.24, 2.45) is 0 Å². The second-order valence-corrected chi connectivity index (χ2v) is 6.43. The Morgan fingerprint density at radius 2 is 1.62 bits per heavy atom. The maximum atomic E-state index is 6.13. The maximum Gasteiger partial charge on any atom is 0.0294 e. The van der Waals surface area contributed by atoms with Crippen LogP contribution in [0, 0.1) is 0 Å². The fraction of sp³-hybridized carbons (Fsp3) is 1.00. The van der Waals surface area contributed by atoms with Crippen molar-refractivity contribution in [3.63, 3.8) is 0 Å². The largest absolute Gasteiger partial charge is 0.124 e. The Morgan fingerprint density at radius 1 is 1.12 bits per heavy atom. The smallest absolute Gasteiger partial charge is 0.0294 e. The molecule has 0 heterocycles. The molecule has 0 unspecified atom stereocenters. The molecule has 0 saturated heterocycles. The minimum atomic E-state index is 0.290. The van der Waals surface area contributed by atoms with Gasteiger partial charge < -0.3 is 0 Å². The zero-order valence-corrected chi connectivity index (χ0v) is 8.17. The maximum absolute atomic E-state index is 6.13. The molecule has 0 aromatic heterocycles. The van der Waals surface area contributed by atoms with Crippen molar-refractivity contribution < 1.29 is 0 Å². The molecule has 0 amide bonds. The highest BCUT2D eigenvalue weighted by atomic mass is 35.5. The summed E-state index contributed by atoms with van der Waals surface area (Å²) >= 11 is 6.13. The summed E-state index contributed by atoms with van der Waals surface area (Å²) in [5.41, 5.74) is 0. The number of hydrogen-bond donors (Lipinski definition) is 0. The zero-order valence-electron chi connectivity index (χ0n) is 5.41. The lowest BCUT2D eigenvalue weighted by Gasteiger charge is -2.26. The molecule has 1 aliphatic rings. The average molecular weight is 149 g/mol. The van der Waals surface area contributed by atoms with E-state index in [1.54, 1.807) is 0 Å². The van der Waals surface area contributed by atoms with E-state index in [1.807, 2.05) is 0 Å². The first kappa shape index (κ1) is 6.62. The minimum absolute atomic E-state index is 0.290. The summed E-state index contributed by atoms with van der Waals surface area (Å²) in [4.78, 5) is 0. The molecule has 2 heteroatoms. The third-order valence-corrected chi connectivity index (χ3v) is 3.27. The first-order valence-corrected chi connectivity index (χ1v) is 4.77.